The molecule has 0 unspecified atom stereocenters. The third kappa shape index (κ3) is 2.22. The Bertz CT molecular complexity index is 820. The van der Waals surface area contributed by atoms with Crippen LogP contribution in [0.1, 0.15) is 16.8 Å². The van der Waals surface area contributed by atoms with E-state index in [2.05, 4.69) is 30.9 Å². The van der Waals surface area contributed by atoms with Crippen molar-refractivity contribution in [3.63, 3.8) is 0 Å². The molecule has 0 amide bonds. The van der Waals surface area contributed by atoms with Gasteiger partial charge >= 0.3 is 0 Å². The van der Waals surface area contributed by atoms with Crippen LogP contribution in [0.5, 0.6) is 0 Å². The lowest BCUT2D eigenvalue weighted by atomic mass is 10.1. The van der Waals surface area contributed by atoms with Crippen LogP contribution in [0.25, 0.3) is 5.65 Å². The van der Waals surface area contributed by atoms with E-state index >= 15 is 0 Å². The number of aromatic nitrogens is 6. The highest BCUT2D eigenvalue weighted by Crippen LogP contribution is 2.08. The van der Waals surface area contributed by atoms with Crippen LogP contribution < -0.4 is 10.9 Å². The topological polar surface area (TPSA) is 101 Å². The number of anilines is 1. The maximum Gasteiger partial charge on any atom is 0.253 e. The average Bonchev–Trinajstić information content (AvgIpc) is 2.84. The van der Waals surface area contributed by atoms with Crippen LogP contribution in [-0.4, -0.2) is 30.2 Å². The molecule has 0 bridgehead atoms. The van der Waals surface area contributed by atoms with Gasteiger partial charge < -0.3 is 10.3 Å². The van der Waals surface area contributed by atoms with Gasteiger partial charge in [-0.05, 0) is 48.0 Å². The summed E-state index contributed by atoms with van der Waals surface area (Å²) >= 11 is 0. The Morgan fingerprint density at radius 3 is 3.00 bits per heavy atom. The lowest BCUT2D eigenvalue weighted by Gasteiger charge is -2.08. The largest absolute Gasteiger partial charge is 0.364 e. The van der Waals surface area contributed by atoms with Gasteiger partial charge in [-0.1, -0.05) is 0 Å². The molecular weight excluding hydrogens is 258 g/mol. The molecule has 8 heteroatoms. The summed E-state index contributed by atoms with van der Waals surface area (Å²) in [6, 6.07) is 5.46. The van der Waals surface area contributed by atoms with Gasteiger partial charge in [-0.3, -0.25) is 4.79 Å². The second-order valence-corrected chi connectivity index (χ2v) is 4.54. The molecule has 0 aliphatic heterocycles. The molecule has 102 valence electrons. The molecule has 0 radical (unpaired) electrons. The van der Waals surface area contributed by atoms with Crippen molar-refractivity contribution in [2.75, 3.05) is 5.32 Å². The van der Waals surface area contributed by atoms with Gasteiger partial charge in [0.05, 0.1) is 0 Å². The van der Waals surface area contributed by atoms with E-state index in [1.807, 2.05) is 19.9 Å². The first kappa shape index (κ1) is 12.3. The predicted molar refractivity (Wildman–Crippen MR) is 72.4 cm³/mol. The Labute approximate surface area is 113 Å². The molecule has 0 spiro atoms. The summed E-state index contributed by atoms with van der Waals surface area (Å²) < 4.78 is 1.33. The Kier molecular flexibility index (Phi) is 2.90. The van der Waals surface area contributed by atoms with Crippen LogP contribution in [0.2, 0.25) is 0 Å². The molecule has 0 aromatic carbocycles. The Morgan fingerprint density at radius 1 is 1.35 bits per heavy atom. The van der Waals surface area contributed by atoms with Gasteiger partial charge in [0.15, 0.2) is 5.65 Å². The zero-order valence-corrected chi connectivity index (χ0v) is 11.1. The fraction of sp³-hybridized carbons (Fsp3) is 0.250. The third-order valence-corrected chi connectivity index (χ3v) is 3.01. The van der Waals surface area contributed by atoms with Crippen LogP contribution in [-0.2, 0) is 6.54 Å². The van der Waals surface area contributed by atoms with E-state index in [4.69, 9.17) is 0 Å². The number of hydrogen-bond donors (Lipinski definition) is 2. The normalized spacial score (nSPS) is 10.9. The first-order chi connectivity index (χ1) is 9.63. The maximum absolute atomic E-state index is 11.9. The molecule has 3 aromatic heterocycles. The SMILES string of the molecule is Cc1cc(C)c(CNc2ccc3nnnn3n2)c(=O)[nH]1. The minimum atomic E-state index is -0.0847. The van der Waals surface area contributed by atoms with Gasteiger partial charge in [0.25, 0.3) is 5.56 Å². The summed E-state index contributed by atoms with van der Waals surface area (Å²) in [6.07, 6.45) is 0. The maximum atomic E-state index is 11.9. The van der Waals surface area contributed by atoms with E-state index in [1.54, 1.807) is 12.1 Å². The van der Waals surface area contributed by atoms with Crippen molar-refractivity contribution in [2.24, 2.45) is 0 Å². The predicted octanol–water partition coefficient (Wildman–Crippen LogP) is 0.437. The smallest absolute Gasteiger partial charge is 0.253 e. The van der Waals surface area contributed by atoms with Crippen molar-refractivity contribution in [2.45, 2.75) is 20.4 Å². The molecule has 3 rings (SSSR count). The summed E-state index contributed by atoms with van der Waals surface area (Å²) in [5.41, 5.74) is 2.97. The van der Waals surface area contributed by atoms with E-state index in [-0.39, 0.29) is 5.56 Å². The molecule has 0 aliphatic carbocycles. The molecule has 3 heterocycles. The van der Waals surface area contributed by atoms with E-state index < -0.39 is 0 Å². The van der Waals surface area contributed by atoms with Crippen LogP contribution in [0.15, 0.2) is 23.0 Å². The molecule has 0 aliphatic rings. The third-order valence-electron chi connectivity index (χ3n) is 3.01. The standard InChI is InChI=1S/C12H13N7O/c1-7-5-8(2)14-12(20)9(7)6-13-10-3-4-11-15-17-18-19(11)16-10/h3-5H,6H2,1-2H3,(H,13,16)(H,14,20). The first-order valence-electron chi connectivity index (χ1n) is 6.12. The summed E-state index contributed by atoms with van der Waals surface area (Å²) in [4.78, 5) is 14.7. The van der Waals surface area contributed by atoms with Gasteiger partial charge in [0.2, 0.25) is 0 Å². The zero-order valence-electron chi connectivity index (χ0n) is 11.1. The van der Waals surface area contributed by atoms with E-state index in [1.165, 1.54) is 4.63 Å². The lowest BCUT2D eigenvalue weighted by molar-refractivity contribution is 0.733. The second kappa shape index (κ2) is 4.72. The number of aryl methyl sites for hydroxylation is 2. The molecule has 20 heavy (non-hydrogen) atoms. The van der Waals surface area contributed by atoms with Crippen molar-refractivity contribution in [1.82, 2.24) is 30.2 Å². The minimum absolute atomic E-state index is 0.0847. The second-order valence-electron chi connectivity index (χ2n) is 4.54. The fourth-order valence-electron chi connectivity index (χ4n) is 2.02. The monoisotopic (exact) mass is 271 g/mol. The number of aromatic amines is 1. The van der Waals surface area contributed by atoms with Crippen molar-refractivity contribution < 1.29 is 0 Å². The van der Waals surface area contributed by atoms with Crippen molar-refractivity contribution in [1.29, 1.82) is 0 Å². The molecule has 2 N–H and O–H groups in total. The fourth-order valence-corrected chi connectivity index (χ4v) is 2.02. The van der Waals surface area contributed by atoms with Crippen molar-refractivity contribution >= 4 is 11.5 Å². The molecule has 0 saturated carbocycles. The number of hydrogen-bond acceptors (Lipinski definition) is 6. The quantitative estimate of drug-likeness (QED) is 0.716. The number of tetrazole rings is 1. The highest BCUT2D eigenvalue weighted by atomic mass is 16.1. The number of rotatable bonds is 3. The molecular formula is C12H13N7O. The average molecular weight is 271 g/mol. The van der Waals surface area contributed by atoms with Crippen LogP contribution in [0.3, 0.4) is 0 Å². The molecule has 3 aromatic rings. The number of pyridine rings is 1. The molecule has 0 saturated heterocycles. The summed E-state index contributed by atoms with van der Waals surface area (Å²) in [5, 5.41) is 18.3. The van der Waals surface area contributed by atoms with Crippen LogP contribution >= 0.6 is 0 Å². The van der Waals surface area contributed by atoms with E-state index in [0.717, 1.165) is 11.3 Å². The van der Waals surface area contributed by atoms with Crippen LogP contribution in [0, 0.1) is 13.8 Å². The summed E-state index contributed by atoms with van der Waals surface area (Å²) in [6.45, 7) is 4.16. The number of fused-ring (bicyclic) bond motifs is 1. The number of nitrogens with one attached hydrogen (secondary N) is 2. The molecule has 8 nitrogen and oxygen atoms in total. The Morgan fingerprint density at radius 2 is 2.20 bits per heavy atom. The first-order valence-corrected chi connectivity index (χ1v) is 6.12. The summed E-state index contributed by atoms with van der Waals surface area (Å²) in [5.74, 6) is 0.601. The van der Waals surface area contributed by atoms with Gasteiger partial charge in [-0.25, -0.2) is 0 Å². The lowest BCUT2D eigenvalue weighted by Crippen LogP contribution is -2.19. The minimum Gasteiger partial charge on any atom is -0.364 e. The van der Waals surface area contributed by atoms with E-state index in [9.17, 15) is 4.79 Å². The Hall–Kier alpha value is -2.77. The van der Waals surface area contributed by atoms with Crippen LogP contribution in [0.4, 0.5) is 5.82 Å². The van der Waals surface area contributed by atoms with Gasteiger partial charge in [-0.15, -0.1) is 14.8 Å². The number of nitrogens with zero attached hydrogens (tertiary/aromatic N) is 5. The van der Waals surface area contributed by atoms with Gasteiger partial charge in [-0.2, -0.15) is 0 Å². The zero-order chi connectivity index (χ0) is 14.1. The van der Waals surface area contributed by atoms with Gasteiger partial charge in [0.1, 0.15) is 5.82 Å². The highest BCUT2D eigenvalue weighted by molar-refractivity contribution is 5.42. The Balaban J connectivity index is 1.84. The molecule has 0 atom stereocenters. The van der Waals surface area contributed by atoms with Crippen molar-refractivity contribution in [3.05, 3.63) is 45.4 Å². The summed E-state index contributed by atoms with van der Waals surface area (Å²) in [7, 11) is 0. The number of H-pyrrole nitrogens is 1. The molecule has 0 fully saturated rings. The van der Waals surface area contributed by atoms with Crippen molar-refractivity contribution in [3.8, 4) is 0 Å². The van der Waals surface area contributed by atoms with Gasteiger partial charge in [0, 0.05) is 17.8 Å². The van der Waals surface area contributed by atoms with E-state index in [0.29, 0.717) is 23.6 Å². The highest BCUT2D eigenvalue weighted by Gasteiger charge is 2.06.